The van der Waals surface area contributed by atoms with Crippen molar-refractivity contribution >= 4 is 23.2 Å². The maximum Gasteiger partial charge on any atom is 0.417 e. The molecule has 4 heterocycles. The number of aromatic amines is 1. The van der Waals surface area contributed by atoms with Gasteiger partial charge in [-0.1, -0.05) is 0 Å². The maximum absolute atomic E-state index is 16.4. The van der Waals surface area contributed by atoms with Crippen molar-refractivity contribution < 1.29 is 31.5 Å². The van der Waals surface area contributed by atoms with Gasteiger partial charge in [0.1, 0.15) is 11.5 Å². The van der Waals surface area contributed by atoms with Gasteiger partial charge in [-0.05, 0) is 27.8 Å². The number of pyridine rings is 1. The predicted molar refractivity (Wildman–Crippen MR) is 154 cm³/mol. The van der Waals surface area contributed by atoms with Crippen LogP contribution in [-0.4, -0.2) is 83.8 Å². The zero-order chi connectivity index (χ0) is 31.9. The van der Waals surface area contributed by atoms with E-state index < -0.39 is 51.7 Å². The summed E-state index contributed by atoms with van der Waals surface area (Å²) in [6.45, 7) is 7.92. The van der Waals surface area contributed by atoms with Gasteiger partial charge in [-0.3, -0.25) is 14.5 Å². The third-order valence-corrected chi connectivity index (χ3v) is 8.06. The lowest BCUT2D eigenvalue weighted by Crippen LogP contribution is -2.55. The van der Waals surface area contributed by atoms with Gasteiger partial charge in [-0.15, -0.1) is 0 Å². The summed E-state index contributed by atoms with van der Waals surface area (Å²) in [6, 6.07) is 1.20. The van der Waals surface area contributed by atoms with E-state index in [9.17, 15) is 22.8 Å². The van der Waals surface area contributed by atoms with Crippen LogP contribution in [0.25, 0.3) is 11.1 Å². The summed E-state index contributed by atoms with van der Waals surface area (Å²) in [7, 11) is 1.91. The number of hydrogen-bond acceptors (Lipinski definition) is 8. The van der Waals surface area contributed by atoms with Gasteiger partial charge in [0.15, 0.2) is 5.82 Å². The van der Waals surface area contributed by atoms with Crippen LogP contribution >= 0.6 is 0 Å². The van der Waals surface area contributed by atoms with E-state index in [1.54, 1.807) is 4.90 Å². The molecule has 3 unspecified atom stereocenters. The Bertz CT molecular complexity index is 1590. The Balaban J connectivity index is 1.58. The largest absolute Gasteiger partial charge is 0.417 e. The first-order chi connectivity index (χ1) is 20.7. The number of rotatable bonds is 5. The van der Waals surface area contributed by atoms with Gasteiger partial charge >= 0.3 is 6.18 Å². The lowest BCUT2D eigenvalue weighted by Gasteiger charge is -2.44. The van der Waals surface area contributed by atoms with Gasteiger partial charge in [0.2, 0.25) is 11.5 Å². The fourth-order valence-corrected chi connectivity index (χ4v) is 5.53. The average molecular weight is 622 g/mol. The van der Waals surface area contributed by atoms with E-state index in [1.807, 2.05) is 32.7 Å². The zero-order valence-electron chi connectivity index (χ0n) is 24.5. The Hall–Kier alpha value is -4.11. The highest BCUT2D eigenvalue weighted by molar-refractivity contribution is 6.07. The summed E-state index contributed by atoms with van der Waals surface area (Å²) >= 11 is 0. The highest BCUT2D eigenvalue weighted by Gasteiger charge is 2.37. The van der Waals surface area contributed by atoms with Gasteiger partial charge in [0.25, 0.3) is 5.91 Å². The molecule has 1 amide bonds. The molecule has 0 spiro atoms. The van der Waals surface area contributed by atoms with Crippen molar-refractivity contribution in [1.29, 1.82) is 0 Å². The molecule has 2 saturated heterocycles. The Morgan fingerprint density at radius 1 is 1.05 bits per heavy atom. The summed E-state index contributed by atoms with van der Waals surface area (Å²) in [6.07, 6.45) is -1.99. The van der Waals surface area contributed by atoms with Crippen molar-refractivity contribution in [2.45, 2.75) is 45.1 Å². The average Bonchev–Trinajstić information content (AvgIpc) is 2.96. The summed E-state index contributed by atoms with van der Waals surface area (Å²) in [4.78, 5) is 41.2. The molecule has 1 aromatic carbocycles. The minimum absolute atomic E-state index is 0.0350. The number of anilines is 3. The Morgan fingerprint density at radius 2 is 1.70 bits per heavy atom. The third kappa shape index (κ3) is 6.24. The second-order valence-electron chi connectivity index (χ2n) is 11.2. The molecule has 2 aliphatic rings. The number of morpholine rings is 1. The summed E-state index contributed by atoms with van der Waals surface area (Å²) < 4.78 is 78.9. The van der Waals surface area contributed by atoms with Gasteiger partial charge in [0.05, 0.1) is 35.1 Å². The first-order valence-electron chi connectivity index (χ1n) is 14.0. The van der Waals surface area contributed by atoms with E-state index >= 15 is 8.78 Å². The molecule has 5 rings (SSSR count). The number of carbonyl (C=O) groups is 1. The SMILES string of the molecule is CC1CN(c2ncc(-c3c(F)cc(N4CC(C)N(C)C(C)C4)c(NC(=O)c4c[nH]c(=O)cc4C(F)(F)F)c3F)cn2)CCO1. The van der Waals surface area contributed by atoms with Crippen molar-refractivity contribution in [1.82, 2.24) is 19.9 Å². The number of aromatic nitrogens is 3. The molecule has 3 atom stereocenters. The second-order valence-corrected chi connectivity index (χ2v) is 11.2. The van der Waals surface area contributed by atoms with E-state index in [4.69, 9.17) is 4.74 Å². The molecule has 2 fully saturated rings. The van der Waals surface area contributed by atoms with Crippen LogP contribution in [-0.2, 0) is 10.9 Å². The minimum atomic E-state index is -5.05. The van der Waals surface area contributed by atoms with Crippen molar-refractivity contribution in [2.75, 3.05) is 55.0 Å². The molecule has 2 aromatic heterocycles. The number of likely N-dealkylation sites (N-methyl/N-ethyl adjacent to an activating group) is 1. The van der Waals surface area contributed by atoms with E-state index in [0.717, 1.165) is 6.07 Å². The van der Waals surface area contributed by atoms with Crippen LogP contribution in [0.5, 0.6) is 0 Å². The number of benzene rings is 1. The number of piperazine rings is 1. The molecule has 0 aliphatic carbocycles. The number of nitrogens with zero attached hydrogens (tertiary/aromatic N) is 5. The molecular formula is C29H32F5N7O3. The number of halogens is 5. The predicted octanol–water partition coefficient (Wildman–Crippen LogP) is 4.14. The first-order valence-corrected chi connectivity index (χ1v) is 14.0. The first kappa shape index (κ1) is 31.3. The van der Waals surface area contributed by atoms with E-state index in [2.05, 4.69) is 25.2 Å². The number of nitrogens with one attached hydrogen (secondary N) is 2. The van der Waals surface area contributed by atoms with Crippen LogP contribution in [0, 0.1) is 11.6 Å². The molecule has 0 saturated carbocycles. The lowest BCUT2D eigenvalue weighted by atomic mass is 10.0. The van der Waals surface area contributed by atoms with Crippen LogP contribution in [0.2, 0.25) is 0 Å². The normalized spacial score (nSPS) is 21.4. The van der Waals surface area contributed by atoms with E-state index in [-0.39, 0.29) is 35.5 Å². The quantitative estimate of drug-likeness (QED) is 0.410. The minimum Gasteiger partial charge on any atom is -0.375 e. The van der Waals surface area contributed by atoms with E-state index in [0.29, 0.717) is 44.9 Å². The molecule has 3 aromatic rings. The fraction of sp³-hybridized carbons (Fsp3) is 0.448. The smallest absolute Gasteiger partial charge is 0.375 e. The monoisotopic (exact) mass is 621 g/mol. The molecule has 15 heteroatoms. The number of alkyl halides is 3. The van der Waals surface area contributed by atoms with Crippen LogP contribution in [0.4, 0.5) is 39.3 Å². The van der Waals surface area contributed by atoms with Crippen molar-refractivity contribution in [2.24, 2.45) is 0 Å². The standard InChI is InChI=1S/C29H32F5N7O3/c1-15-12-41(13-16(2)39(15)4)22-8-21(30)24(18-9-36-28(37-10-18)40-5-6-44-17(3)14-40)25(31)26(22)38-27(43)19-11-35-23(42)7-20(19)29(32,33)34/h7-11,15-17H,5-6,12-14H2,1-4H3,(H,35,42)(H,38,43). The summed E-state index contributed by atoms with van der Waals surface area (Å²) in [5, 5.41) is 2.25. The highest BCUT2D eigenvalue weighted by atomic mass is 19.4. The molecule has 2 N–H and O–H groups in total. The van der Waals surface area contributed by atoms with Crippen LogP contribution in [0.15, 0.2) is 35.5 Å². The lowest BCUT2D eigenvalue weighted by molar-refractivity contribution is -0.138. The van der Waals surface area contributed by atoms with Crippen molar-refractivity contribution in [3.63, 3.8) is 0 Å². The molecule has 236 valence electrons. The highest BCUT2D eigenvalue weighted by Crippen LogP contribution is 2.40. The van der Waals surface area contributed by atoms with Gasteiger partial charge in [0, 0.05) is 74.5 Å². The molecule has 0 radical (unpaired) electrons. The third-order valence-electron chi connectivity index (χ3n) is 8.06. The number of ether oxygens (including phenoxy) is 1. The summed E-state index contributed by atoms with van der Waals surface area (Å²) in [5.41, 5.74) is -4.64. The van der Waals surface area contributed by atoms with Crippen molar-refractivity contribution in [3.8, 4) is 11.1 Å². The molecular weight excluding hydrogens is 589 g/mol. The molecule has 0 bridgehead atoms. The fourth-order valence-electron chi connectivity index (χ4n) is 5.53. The van der Waals surface area contributed by atoms with Crippen LogP contribution < -0.4 is 20.7 Å². The Kier molecular flexibility index (Phi) is 8.62. The van der Waals surface area contributed by atoms with Gasteiger partial charge in [-0.25, -0.2) is 18.7 Å². The number of carbonyl (C=O) groups excluding carboxylic acids is 1. The van der Waals surface area contributed by atoms with E-state index in [1.165, 1.54) is 12.4 Å². The Morgan fingerprint density at radius 3 is 2.32 bits per heavy atom. The van der Waals surface area contributed by atoms with Gasteiger partial charge in [-0.2, -0.15) is 13.2 Å². The maximum atomic E-state index is 16.4. The van der Waals surface area contributed by atoms with Crippen LogP contribution in [0.3, 0.4) is 0 Å². The number of H-pyrrole nitrogens is 1. The van der Waals surface area contributed by atoms with Crippen LogP contribution in [0.1, 0.15) is 36.7 Å². The second kappa shape index (κ2) is 12.1. The molecule has 2 aliphatic heterocycles. The van der Waals surface area contributed by atoms with Gasteiger partial charge < -0.3 is 24.8 Å². The van der Waals surface area contributed by atoms with Crippen molar-refractivity contribution in [3.05, 3.63) is 63.8 Å². The molecule has 44 heavy (non-hydrogen) atoms. The zero-order valence-corrected chi connectivity index (χ0v) is 24.5. The summed E-state index contributed by atoms with van der Waals surface area (Å²) in [5.74, 6) is -3.17. The molecule has 10 nitrogen and oxygen atoms in total. The Labute approximate surface area is 249 Å². The topological polar surface area (TPSA) is 107 Å². The number of amides is 1. The number of hydrogen-bond donors (Lipinski definition) is 2.